The number of anilines is 1. The molecule has 2 aliphatic rings. The molecule has 0 radical (unpaired) electrons. The Kier molecular flexibility index (Phi) is 11.6. The van der Waals surface area contributed by atoms with Gasteiger partial charge in [0.2, 0.25) is 5.91 Å². The molecule has 1 fully saturated rings. The molecule has 0 saturated carbocycles. The van der Waals surface area contributed by atoms with Crippen LogP contribution in [0.15, 0.2) is 51.3 Å². The topological polar surface area (TPSA) is 157 Å². The van der Waals surface area contributed by atoms with Crippen LogP contribution in [0, 0.1) is 11.8 Å². The summed E-state index contributed by atoms with van der Waals surface area (Å²) in [4.78, 5) is 46.3. The maximum Gasteiger partial charge on any atom is 0.339 e. The number of carbonyl (C=O) groups excluding carboxylic acids is 2. The largest absolute Gasteiger partial charge is 0.482 e. The van der Waals surface area contributed by atoms with Gasteiger partial charge < -0.3 is 34.9 Å². The molecule has 3 aromatic rings. The summed E-state index contributed by atoms with van der Waals surface area (Å²) in [7, 11) is 1.95. The molecular formula is C40H54N4O7. The average molecular weight is 703 g/mol. The number of aliphatic hydroxyl groups is 1. The second kappa shape index (κ2) is 15.6. The highest BCUT2D eigenvalue weighted by Gasteiger charge is 2.54. The molecule has 0 unspecified atom stereocenters. The number of benzene rings is 1. The van der Waals surface area contributed by atoms with Gasteiger partial charge in [-0.05, 0) is 101 Å². The van der Waals surface area contributed by atoms with Gasteiger partial charge in [0.15, 0.2) is 5.60 Å². The number of carbonyl (C=O) groups is 2. The first kappa shape index (κ1) is 38.0. The number of hydrogen-bond acceptors (Lipinski definition) is 10. The van der Waals surface area contributed by atoms with Gasteiger partial charge in [-0.25, -0.2) is 14.6 Å². The van der Waals surface area contributed by atoms with Gasteiger partial charge in [0.05, 0.1) is 6.42 Å². The minimum absolute atomic E-state index is 0.0285. The summed E-state index contributed by atoms with van der Waals surface area (Å²) in [6, 6.07) is 7.43. The smallest absolute Gasteiger partial charge is 0.339 e. The Hall–Kier alpha value is -4.22. The lowest BCUT2D eigenvalue weighted by molar-refractivity contribution is -0.174. The highest BCUT2D eigenvalue weighted by atomic mass is 16.6. The lowest BCUT2D eigenvalue weighted by atomic mass is 9.76. The maximum atomic E-state index is 13.9. The van der Waals surface area contributed by atoms with Crippen molar-refractivity contribution in [3.8, 4) is 5.75 Å². The van der Waals surface area contributed by atoms with E-state index < -0.39 is 22.8 Å². The zero-order valence-electron chi connectivity index (χ0n) is 31.1. The number of rotatable bonds is 15. The Morgan fingerprint density at radius 2 is 1.98 bits per heavy atom. The summed E-state index contributed by atoms with van der Waals surface area (Å²) in [5.74, 6) is 1.37. The minimum Gasteiger partial charge on any atom is -0.482 e. The van der Waals surface area contributed by atoms with Crippen molar-refractivity contribution >= 4 is 28.7 Å². The average Bonchev–Trinajstić information content (AvgIpc) is 3.43. The van der Waals surface area contributed by atoms with E-state index in [-0.39, 0.29) is 31.4 Å². The van der Waals surface area contributed by atoms with Crippen molar-refractivity contribution in [3.05, 3.63) is 74.8 Å². The molecule has 0 spiro atoms. The predicted octanol–water partition coefficient (Wildman–Crippen LogP) is 4.92. The Balaban J connectivity index is 1.50. The van der Waals surface area contributed by atoms with E-state index in [0.29, 0.717) is 65.9 Å². The standard InChI is InChI=1S/C40H54N4O7/c1-8-25(4)37(47)51-39(5,6)40(20-29-15-27-14-26(10-9-13-45)38(48)49-33(27)18-34(29)50-40)19-28-16-35(41)43-22-30(28)17-36(46)44-23-31(21-42-7)32(44)12-11-24(2)3/h8,14-16,18,22,24,31-32,42,45H,9-13,17,19-21,23H2,1-7H3,(H2,41,43)/b25-8+/t31-,32+,40-/m0/s1. The SMILES string of the molecule is C/C=C(\C)C(=O)OC(C)(C)[C@]1(Cc2cc(N)ncc2CC(=O)N2C[C@H](CNC)[C@H]2CCC(C)C)Cc2cc3cc(CCCO)c(=O)oc3cc2O1. The molecule has 1 amide bonds. The lowest BCUT2D eigenvalue weighted by Crippen LogP contribution is -2.61. The summed E-state index contributed by atoms with van der Waals surface area (Å²) in [5, 5.41) is 13.3. The minimum atomic E-state index is -1.17. The number of nitrogens with two attached hydrogens (primary N) is 1. The predicted molar refractivity (Wildman–Crippen MR) is 198 cm³/mol. The Bertz CT molecular complexity index is 1850. The van der Waals surface area contributed by atoms with E-state index in [2.05, 4.69) is 24.1 Å². The zero-order chi connectivity index (χ0) is 37.1. The summed E-state index contributed by atoms with van der Waals surface area (Å²) in [6.07, 6.45) is 7.01. The highest BCUT2D eigenvalue weighted by molar-refractivity contribution is 5.88. The number of nitrogens with one attached hydrogen (secondary N) is 1. The van der Waals surface area contributed by atoms with Gasteiger partial charge in [0.1, 0.15) is 22.8 Å². The number of fused-ring (bicyclic) bond motifs is 2. The number of likely N-dealkylation sites (tertiary alicyclic amines) is 1. The van der Waals surface area contributed by atoms with Gasteiger partial charge >= 0.3 is 11.6 Å². The van der Waals surface area contributed by atoms with Crippen LogP contribution in [0.1, 0.15) is 83.1 Å². The van der Waals surface area contributed by atoms with Crippen LogP contribution in [0.3, 0.4) is 0 Å². The molecule has 11 heteroatoms. The number of nitrogens with zero attached hydrogens (tertiary/aromatic N) is 2. The van der Waals surface area contributed by atoms with E-state index in [0.717, 1.165) is 41.5 Å². The molecule has 0 aliphatic carbocycles. The Morgan fingerprint density at radius 1 is 1.22 bits per heavy atom. The van der Waals surface area contributed by atoms with Crippen LogP contribution < -0.4 is 21.4 Å². The Morgan fingerprint density at radius 3 is 2.67 bits per heavy atom. The van der Waals surface area contributed by atoms with Gasteiger partial charge in [-0.3, -0.25) is 4.79 Å². The lowest BCUT2D eigenvalue weighted by Gasteiger charge is -2.49. The van der Waals surface area contributed by atoms with Crippen molar-refractivity contribution in [2.24, 2.45) is 11.8 Å². The third-order valence-corrected chi connectivity index (χ3v) is 10.7. The fourth-order valence-electron chi connectivity index (χ4n) is 7.35. The van der Waals surface area contributed by atoms with Gasteiger partial charge in [0, 0.05) is 73.3 Å². The maximum absolute atomic E-state index is 13.9. The molecule has 51 heavy (non-hydrogen) atoms. The normalized spacial score (nSPS) is 20.3. The van der Waals surface area contributed by atoms with Crippen molar-refractivity contribution in [3.63, 3.8) is 0 Å². The second-order valence-electron chi connectivity index (χ2n) is 15.2. The summed E-state index contributed by atoms with van der Waals surface area (Å²) < 4.78 is 18.8. The van der Waals surface area contributed by atoms with Crippen LogP contribution >= 0.6 is 0 Å². The van der Waals surface area contributed by atoms with E-state index in [4.69, 9.17) is 19.6 Å². The molecule has 11 nitrogen and oxygen atoms in total. The quantitative estimate of drug-likeness (QED) is 0.113. The number of nitrogen functional groups attached to an aromatic ring is 1. The van der Waals surface area contributed by atoms with Crippen molar-refractivity contribution in [2.75, 3.05) is 32.5 Å². The first-order chi connectivity index (χ1) is 24.2. The third-order valence-electron chi connectivity index (χ3n) is 10.7. The molecule has 2 aliphatic heterocycles. The Labute approximate surface area is 300 Å². The number of ether oxygens (including phenoxy) is 2. The number of aromatic nitrogens is 1. The van der Waals surface area contributed by atoms with Crippen molar-refractivity contribution < 1.29 is 28.6 Å². The zero-order valence-corrected chi connectivity index (χ0v) is 31.1. The second-order valence-corrected chi connectivity index (χ2v) is 15.2. The van der Waals surface area contributed by atoms with Gasteiger partial charge in [-0.1, -0.05) is 19.9 Å². The number of aryl methyl sites for hydroxylation is 1. The number of hydrogen-bond donors (Lipinski definition) is 3. The summed E-state index contributed by atoms with van der Waals surface area (Å²) in [6.45, 7) is 13.1. The molecule has 276 valence electrons. The highest BCUT2D eigenvalue weighted by Crippen LogP contribution is 2.47. The monoisotopic (exact) mass is 702 g/mol. The number of aliphatic hydroxyl groups excluding tert-OH is 1. The van der Waals surface area contributed by atoms with E-state index in [1.165, 1.54) is 0 Å². The molecule has 4 N–H and O–H groups in total. The van der Waals surface area contributed by atoms with E-state index in [1.807, 2.05) is 31.9 Å². The van der Waals surface area contributed by atoms with Gasteiger partial charge in [-0.15, -0.1) is 0 Å². The van der Waals surface area contributed by atoms with E-state index in [1.54, 1.807) is 44.3 Å². The molecule has 2 aromatic heterocycles. The van der Waals surface area contributed by atoms with Gasteiger partial charge in [0.25, 0.3) is 0 Å². The number of pyridine rings is 1. The van der Waals surface area contributed by atoms with Crippen LogP contribution in [0.4, 0.5) is 5.82 Å². The first-order valence-corrected chi connectivity index (χ1v) is 18.1. The molecule has 1 aromatic carbocycles. The van der Waals surface area contributed by atoms with Crippen LogP contribution in [-0.2, 0) is 40.0 Å². The number of amides is 1. The fraction of sp³-hybridized carbons (Fsp3) is 0.550. The van der Waals surface area contributed by atoms with Crippen LogP contribution in [0.25, 0.3) is 11.0 Å². The molecule has 0 bridgehead atoms. The van der Waals surface area contributed by atoms with E-state index >= 15 is 0 Å². The van der Waals surface area contributed by atoms with Crippen LogP contribution in [0.5, 0.6) is 5.75 Å². The molecular weight excluding hydrogens is 648 g/mol. The summed E-state index contributed by atoms with van der Waals surface area (Å²) in [5.41, 5.74) is 7.23. The van der Waals surface area contributed by atoms with Crippen LogP contribution in [-0.4, -0.2) is 70.9 Å². The third kappa shape index (κ3) is 8.15. The van der Waals surface area contributed by atoms with Gasteiger partial charge in [-0.2, -0.15) is 0 Å². The number of esters is 1. The molecule has 3 atom stereocenters. The molecule has 5 rings (SSSR count). The van der Waals surface area contributed by atoms with Crippen molar-refractivity contribution in [2.45, 2.75) is 104 Å². The molecule has 1 saturated heterocycles. The van der Waals surface area contributed by atoms with Crippen molar-refractivity contribution in [1.82, 2.24) is 15.2 Å². The summed E-state index contributed by atoms with van der Waals surface area (Å²) >= 11 is 0. The van der Waals surface area contributed by atoms with Crippen LogP contribution in [0.2, 0.25) is 0 Å². The van der Waals surface area contributed by atoms with E-state index in [9.17, 15) is 19.5 Å². The first-order valence-electron chi connectivity index (χ1n) is 18.1. The number of allylic oxidation sites excluding steroid dienone is 1. The van der Waals surface area contributed by atoms with Crippen molar-refractivity contribution in [1.29, 1.82) is 0 Å². The molecule has 4 heterocycles. The fourth-order valence-corrected chi connectivity index (χ4v) is 7.35.